The number of amides is 3. The Morgan fingerprint density at radius 2 is 1.81 bits per heavy atom. The quantitative estimate of drug-likeness (QED) is 0.815. The standard InChI is InChI=1S/C21H24FN3O2/c1-16(7-8-17-5-3-2-4-6-17)23-20(26)15-24-13-14-25(21(24)27)19-11-9-18(22)10-12-19/h2-6,9-12,16H,7-8,13-15H2,1H3,(H,23,26)/t16-/m1/s1. The minimum Gasteiger partial charge on any atom is -0.352 e. The summed E-state index contributed by atoms with van der Waals surface area (Å²) in [5.74, 6) is -0.504. The number of rotatable bonds is 7. The maximum Gasteiger partial charge on any atom is 0.325 e. The number of urea groups is 1. The molecule has 2 aromatic rings. The van der Waals surface area contributed by atoms with Gasteiger partial charge in [0, 0.05) is 24.8 Å². The molecule has 0 bridgehead atoms. The van der Waals surface area contributed by atoms with E-state index >= 15 is 0 Å². The molecule has 0 radical (unpaired) electrons. The van der Waals surface area contributed by atoms with E-state index < -0.39 is 0 Å². The molecule has 5 nitrogen and oxygen atoms in total. The van der Waals surface area contributed by atoms with Gasteiger partial charge in [-0.3, -0.25) is 9.69 Å². The Morgan fingerprint density at radius 3 is 2.52 bits per heavy atom. The van der Waals surface area contributed by atoms with E-state index in [2.05, 4.69) is 17.4 Å². The van der Waals surface area contributed by atoms with Crippen molar-refractivity contribution in [3.05, 3.63) is 66.0 Å². The van der Waals surface area contributed by atoms with Crippen LogP contribution >= 0.6 is 0 Å². The second-order valence-electron chi connectivity index (χ2n) is 6.83. The summed E-state index contributed by atoms with van der Waals surface area (Å²) < 4.78 is 13.0. The summed E-state index contributed by atoms with van der Waals surface area (Å²) in [6.07, 6.45) is 1.73. The molecule has 3 amide bonds. The van der Waals surface area contributed by atoms with E-state index in [9.17, 15) is 14.0 Å². The smallest absolute Gasteiger partial charge is 0.325 e. The first-order valence-corrected chi connectivity index (χ1v) is 9.18. The van der Waals surface area contributed by atoms with Crippen LogP contribution in [0.5, 0.6) is 0 Å². The Labute approximate surface area is 158 Å². The highest BCUT2D eigenvalue weighted by atomic mass is 19.1. The summed E-state index contributed by atoms with van der Waals surface area (Å²) in [5.41, 5.74) is 1.88. The van der Waals surface area contributed by atoms with E-state index in [1.165, 1.54) is 22.6 Å². The Balaban J connectivity index is 1.46. The van der Waals surface area contributed by atoms with Crippen LogP contribution in [0.4, 0.5) is 14.9 Å². The van der Waals surface area contributed by atoms with Crippen molar-refractivity contribution in [1.29, 1.82) is 0 Å². The van der Waals surface area contributed by atoms with Gasteiger partial charge >= 0.3 is 6.03 Å². The van der Waals surface area contributed by atoms with Crippen molar-refractivity contribution in [3.63, 3.8) is 0 Å². The highest BCUT2D eigenvalue weighted by Gasteiger charge is 2.30. The van der Waals surface area contributed by atoms with Crippen LogP contribution in [0.1, 0.15) is 18.9 Å². The number of nitrogens with one attached hydrogen (secondary N) is 1. The van der Waals surface area contributed by atoms with Crippen molar-refractivity contribution in [1.82, 2.24) is 10.2 Å². The lowest BCUT2D eigenvalue weighted by Crippen LogP contribution is -2.42. The first-order valence-electron chi connectivity index (χ1n) is 9.18. The first kappa shape index (κ1) is 18.9. The van der Waals surface area contributed by atoms with Gasteiger partial charge in [-0.05, 0) is 49.6 Å². The molecule has 1 aliphatic heterocycles. The molecule has 0 aliphatic carbocycles. The maximum absolute atomic E-state index is 13.0. The number of anilines is 1. The average molecular weight is 369 g/mol. The van der Waals surface area contributed by atoms with Crippen molar-refractivity contribution in [2.75, 3.05) is 24.5 Å². The van der Waals surface area contributed by atoms with Gasteiger partial charge in [0.15, 0.2) is 0 Å². The average Bonchev–Trinajstić information content (AvgIpc) is 3.02. The van der Waals surface area contributed by atoms with Gasteiger partial charge in [-0.1, -0.05) is 30.3 Å². The summed E-state index contributed by atoms with van der Waals surface area (Å²) in [6, 6.07) is 15.7. The normalized spacial score (nSPS) is 15.1. The van der Waals surface area contributed by atoms with Crippen LogP contribution in [-0.4, -0.2) is 42.5 Å². The number of benzene rings is 2. The van der Waals surface area contributed by atoms with Gasteiger partial charge in [0.2, 0.25) is 5.91 Å². The molecule has 0 saturated carbocycles. The SMILES string of the molecule is C[C@H](CCc1ccccc1)NC(=O)CN1CCN(c2ccc(F)cc2)C1=O. The molecule has 1 N–H and O–H groups in total. The third-order valence-corrected chi connectivity index (χ3v) is 4.68. The Bertz CT molecular complexity index is 780. The van der Waals surface area contributed by atoms with Crippen LogP contribution in [0.15, 0.2) is 54.6 Å². The van der Waals surface area contributed by atoms with Gasteiger partial charge in [-0.15, -0.1) is 0 Å². The van der Waals surface area contributed by atoms with E-state index in [0.29, 0.717) is 18.8 Å². The van der Waals surface area contributed by atoms with E-state index in [1.54, 1.807) is 17.0 Å². The number of halogens is 1. The van der Waals surface area contributed by atoms with Crippen LogP contribution in [0.25, 0.3) is 0 Å². The monoisotopic (exact) mass is 369 g/mol. The third kappa shape index (κ3) is 5.06. The second-order valence-corrected chi connectivity index (χ2v) is 6.83. The van der Waals surface area contributed by atoms with Gasteiger partial charge in [-0.2, -0.15) is 0 Å². The number of nitrogens with zero attached hydrogens (tertiary/aromatic N) is 2. The largest absolute Gasteiger partial charge is 0.352 e. The molecule has 142 valence electrons. The summed E-state index contributed by atoms with van der Waals surface area (Å²) in [5, 5.41) is 2.96. The Hall–Kier alpha value is -2.89. The summed E-state index contributed by atoms with van der Waals surface area (Å²) in [7, 11) is 0. The van der Waals surface area contributed by atoms with Crippen molar-refractivity contribution in [2.24, 2.45) is 0 Å². The molecular weight excluding hydrogens is 345 g/mol. The Kier molecular flexibility index (Phi) is 6.06. The molecule has 27 heavy (non-hydrogen) atoms. The van der Waals surface area contributed by atoms with Crippen molar-refractivity contribution in [3.8, 4) is 0 Å². The zero-order chi connectivity index (χ0) is 19.2. The molecule has 0 aromatic heterocycles. The highest BCUT2D eigenvalue weighted by Crippen LogP contribution is 2.20. The minimum atomic E-state index is -0.342. The summed E-state index contributed by atoms with van der Waals surface area (Å²) in [6.45, 7) is 2.97. The topological polar surface area (TPSA) is 52.7 Å². The van der Waals surface area contributed by atoms with Crippen LogP contribution in [0.3, 0.4) is 0 Å². The van der Waals surface area contributed by atoms with Gasteiger partial charge < -0.3 is 10.2 Å². The van der Waals surface area contributed by atoms with Crippen molar-refractivity contribution < 1.29 is 14.0 Å². The van der Waals surface area contributed by atoms with Crippen LogP contribution < -0.4 is 10.2 Å². The molecule has 1 heterocycles. The zero-order valence-corrected chi connectivity index (χ0v) is 15.4. The predicted molar refractivity (Wildman–Crippen MR) is 103 cm³/mol. The molecule has 6 heteroatoms. The third-order valence-electron chi connectivity index (χ3n) is 4.68. The fourth-order valence-electron chi connectivity index (χ4n) is 3.18. The van der Waals surface area contributed by atoms with E-state index in [0.717, 1.165) is 12.8 Å². The molecule has 1 saturated heterocycles. The molecule has 0 spiro atoms. The lowest BCUT2D eigenvalue weighted by atomic mass is 10.1. The van der Waals surface area contributed by atoms with Crippen molar-refractivity contribution >= 4 is 17.6 Å². The lowest BCUT2D eigenvalue weighted by Gasteiger charge is -2.20. The van der Waals surface area contributed by atoms with Gasteiger partial charge in [0.05, 0.1) is 0 Å². The molecular formula is C21H24FN3O2. The number of carbonyl (C=O) groups is 2. The number of hydrogen-bond acceptors (Lipinski definition) is 2. The molecule has 1 aliphatic rings. The van der Waals surface area contributed by atoms with Gasteiger partial charge in [0.25, 0.3) is 0 Å². The zero-order valence-electron chi connectivity index (χ0n) is 15.4. The van der Waals surface area contributed by atoms with Gasteiger partial charge in [-0.25, -0.2) is 9.18 Å². The fourth-order valence-corrected chi connectivity index (χ4v) is 3.18. The molecule has 0 unspecified atom stereocenters. The minimum absolute atomic E-state index is 0.0311. The number of carbonyl (C=O) groups excluding carboxylic acids is 2. The highest BCUT2D eigenvalue weighted by molar-refractivity contribution is 5.96. The molecule has 3 rings (SSSR count). The van der Waals surface area contributed by atoms with Crippen molar-refractivity contribution in [2.45, 2.75) is 25.8 Å². The van der Waals surface area contributed by atoms with Gasteiger partial charge in [0.1, 0.15) is 12.4 Å². The van der Waals surface area contributed by atoms with E-state index in [-0.39, 0.29) is 30.3 Å². The second kappa shape index (κ2) is 8.66. The first-order chi connectivity index (χ1) is 13.0. The summed E-state index contributed by atoms with van der Waals surface area (Å²) >= 11 is 0. The van der Waals surface area contributed by atoms with E-state index in [1.807, 2.05) is 25.1 Å². The summed E-state index contributed by atoms with van der Waals surface area (Å²) in [4.78, 5) is 27.9. The van der Waals surface area contributed by atoms with E-state index in [4.69, 9.17) is 0 Å². The number of aryl methyl sites for hydroxylation is 1. The lowest BCUT2D eigenvalue weighted by molar-refractivity contribution is -0.122. The molecule has 2 aromatic carbocycles. The number of hydrogen-bond donors (Lipinski definition) is 1. The molecule has 1 atom stereocenters. The van der Waals surface area contributed by atoms with Crippen LogP contribution in [-0.2, 0) is 11.2 Å². The van der Waals surface area contributed by atoms with Crippen LogP contribution in [0.2, 0.25) is 0 Å². The van der Waals surface area contributed by atoms with Crippen LogP contribution in [0, 0.1) is 5.82 Å². The fraction of sp³-hybridized carbons (Fsp3) is 0.333. The molecule has 1 fully saturated rings. The predicted octanol–water partition coefficient (Wildman–Crippen LogP) is 3.21. The Morgan fingerprint density at radius 1 is 1.11 bits per heavy atom. The maximum atomic E-state index is 13.0.